The molecule has 1 aromatic carbocycles. The van der Waals surface area contributed by atoms with E-state index < -0.39 is 0 Å². The van der Waals surface area contributed by atoms with Crippen LogP contribution in [0.3, 0.4) is 0 Å². The Labute approximate surface area is 185 Å². The van der Waals surface area contributed by atoms with E-state index in [0.29, 0.717) is 5.92 Å². The third kappa shape index (κ3) is 4.63. The Morgan fingerprint density at radius 2 is 1.61 bits per heavy atom. The first kappa shape index (κ1) is 21.8. The number of anilines is 1. The van der Waals surface area contributed by atoms with Gasteiger partial charge in [-0.15, -0.1) is 0 Å². The predicted molar refractivity (Wildman–Crippen MR) is 121 cm³/mol. The highest BCUT2D eigenvalue weighted by atomic mass is 16.2. The highest BCUT2D eigenvalue weighted by molar-refractivity contribution is 6.01. The van der Waals surface area contributed by atoms with E-state index in [9.17, 15) is 14.4 Å². The molecule has 2 aliphatic carbocycles. The van der Waals surface area contributed by atoms with Crippen molar-refractivity contribution in [1.29, 1.82) is 0 Å². The first-order valence-electron chi connectivity index (χ1n) is 12.0. The number of imide groups is 1. The van der Waals surface area contributed by atoms with E-state index >= 15 is 0 Å². The average Bonchev–Trinajstić information content (AvgIpc) is 2.78. The quantitative estimate of drug-likeness (QED) is 0.729. The van der Waals surface area contributed by atoms with Crippen LogP contribution in [0.5, 0.6) is 0 Å². The van der Waals surface area contributed by atoms with Crippen molar-refractivity contribution in [3.05, 3.63) is 29.8 Å². The molecule has 4 amide bonds. The van der Waals surface area contributed by atoms with Gasteiger partial charge in [-0.05, 0) is 49.3 Å². The summed E-state index contributed by atoms with van der Waals surface area (Å²) < 4.78 is 0. The first-order valence-corrected chi connectivity index (χ1v) is 12.0. The molecule has 1 N–H and O–H groups in total. The van der Waals surface area contributed by atoms with Gasteiger partial charge in [0.1, 0.15) is 6.54 Å². The number of carbonyl (C=O) groups is 3. The first-order chi connectivity index (χ1) is 15.0. The SMILES string of the molecule is CC(C)c1ccc(NC(=O)CN2C(=O)N(C3CCCCC3)C(=O)C3CCCCC32)cc1. The summed E-state index contributed by atoms with van der Waals surface area (Å²) in [7, 11) is 0. The molecule has 1 aromatic rings. The van der Waals surface area contributed by atoms with Crippen molar-refractivity contribution in [2.24, 2.45) is 5.92 Å². The Hall–Kier alpha value is -2.37. The van der Waals surface area contributed by atoms with Gasteiger partial charge in [0.05, 0.1) is 5.92 Å². The Bertz CT molecular complexity index is 814. The number of fused-ring (bicyclic) bond motifs is 1. The van der Waals surface area contributed by atoms with Gasteiger partial charge < -0.3 is 10.2 Å². The average molecular weight is 426 g/mol. The summed E-state index contributed by atoms with van der Waals surface area (Å²) in [5.74, 6) is 0.0733. The molecule has 1 heterocycles. The number of rotatable bonds is 5. The molecule has 4 rings (SSSR count). The number of hydrogen-bond acceptors (Lipinski definition) is 3. The number of urea groups is 1. The predicted octanol–water partition coefficient (Wildman–Crippen LogP) is 4.90. The molecule has 0 radical (unpaired) electrons. The molecule has 3 fully saturated rings. The normalized spacial score (nSPS) is 25.0. The molecule has 0 spiro atoms. The van der Waals surface area contributed by atoms with Crippen molar-refractivity contribution >= 4 is 23.5 Å². The minimum Gasteiger partial charge on any atom is -0.325 e. The van der Waals surface area contributed by atoms with Crippen molar-refractivity contribution < 1.29 is 14.4 Å². The van der Waals surface area contributed by atoms with E-state index in [1.54, 1.807) is 4.90 Å². The summed E-state index contributed by atoms with van der Waals surface area (Å²) in [4.78, 5) is 42.8. The van der Waals surface area contributed by atoms with Crippen LogP contribution < -0.4 is 5.32 Å². The van der Waals surface area contributed by atoms with Gasteiger partial charge in [-0.2, -0.15) is 0 Å². The van der Waals surface area contributed by atoms with Crippen LogP contribution in [0.25, 0.3) is 0 Å². The highest BCUT2D eigenvalue weighted by Crippen LogP contribution is 2.37. The minimum absolute atomic E-state index is 0.00234. The maximum absolute atomic E-state index is 13.4. The smallest absolute Gasteiger partial charge is 0.325 e. The maximum Gasteiger partial charge on any atom is 0.327 e. The Kier molecular flexibility index (Phi) is 6.63. The number of amides is 4. The van der Waals surface area contributed by atoms with Crippen molar-refractivity contribution in [2.75, 3.05) is 11.9 Å². The van der Waals surface area contributed by atoms with Crippen LogP contribution in [0.1, 0.15) is 83.1 Å². The van der Waals surface area contributed by atoms with Crippen LogP contribution in [0, 0.1) is 5.92 Å². The van der Waals surface area contributed by atoms with Gasteiger partial charge in [-0.1, -0.05) is 58.1 Å². The molecular weight excluding hydrogens is 390 g/mol. The summed E-state index contributed by atoms with van der Waals surface area (Å²) in [5, 5.41) is 2.94. The fourth-order valence-corrected chi connectivity index (χ4v) is 5.49. The van der Waals surface area contributed by atoms with Crippen LogP contribution >= 0.6 is 0 Å². The fraction of sp³-hybridized carbons (Fsp3) is 0.640. The van der Waals surface area contributed by atoms with Gasteiger partial charge in [-0.25, -0.2) is 4.79 Å². The lowest BCUT2D eigenvalue weighted by Gasteiger charge is -2.49. The zero-order chi connectivity index (χ0) is 22.0. The van der Waals surface area contributed by atoms with E-state index in [1.807, 2.05) is 24.3 Å². The van der Waals surface area contributed by atoms with Gasteiger partial charge in [0.2, 0.25) is 11.8 Å². The number of benzene rings is 1. The molecule has 31 heavy (non-hydrogen) atoms. The Morgan fingerprint density at radius 1 is 0.968 bits per heavy atom. The van der Waals surface area contributed by atoms with Gasteiger partial charge in [0, 0.05) is 17.8 Å². The second kappa shape index (κ2) is 9.41. The summed E-state index contributed by atoms with van der Waals surface area (Å²) in [6.07, 6.45) is 8.69. The largest absolute Gasteiger partial charge is 0.327 e. The van der Waals surface area contributed by atoms with Gasteiger partial charge >= 0.3 is 6.03 Å². The van der Waals surface area contributed by atoms with Crippen molar-refractivity contribution in [3.63, 3.8) is 0 Å². The van der Waals surface area contributed by atoms with Crippen molar-refractivity contribution in [1.82, 2.24) is 9.80 Å². The van der Waals surface area contributed by atoms with E-state index in [2.05, 4.69) is 19.2 Å². The molecule has 2 unspecified atom stereocenters. The molecule has 0 bridgehead atoms. The minimum atomic E-state index is -0.259. The molecule has 6 nitrogen and oxygen atoms in total. The van der Waals surface area contributed by atoms with E-state index in [4.69, 9.17) is 0 Å². The van der Waals surface area contributed by atoms with E-state index in [0.717, 1.165) is 57.1 Å². The molecule has 1 saturated heterocycles. The standard InChI is InChI=1S/C25H35N3O3/c1-17(2)18-12-14-19(15-13-18)26-23(29)16-27-22-11-7-6-10-21(22)24(30)28(25(27)31)20-8-4-3-5-9-20/h12-15,17,20-22H,3-11,16H2,1-2H3,(H,26,29). The van der Waals surface area contributed by atoms with Gasteiger partial charge in [-0.3, -0.25) is 14.5 Å². The molecule has 1 aliphatic heterocycles. The topological polar surface area (TPSA) is 69.7 Å². The van der Waals surface area contributed by atoms with Crippen molar-refractivity contribution in [2.45, 2.75) is 89.6 Å². The van der Waals surface area contributed by atoms with E-state index in [-0.39, 0.29) is 42.4 Å². The third-order valence-corrected chi connectivity index (χ3v) is 7.25. The zero-order valence-corrected chi connectivity index (χ0v) is 18.8. The third-order valence-electron chi connectivity index (χ3n) is 7.25. The summed E-state index contributed by atoms with van der Waals surface area (Å²) >= 11 is 0. The number of nitrogens with zero attached hydrogens (tertiary/aromatic N) is 2. The maximum atomic E-state index is 13.4. The molecule has 0 aromatic heterocycles. The number of carbonyl (C=O) groups excluding carboxylic acids is 3. The lowest BCUT2D eigenvalue weighted by Crippen LogP contribution is -2.65. The molecule has 2 atom stereocenters. The highest BCUT2D eigenvalue weighted by Gasteiger charge is 2.49. The zero-order valence-electron chi connectivity index (χ0n) is 18.8. The fourth-order valence-electron chi connectivity index (χ4n) is 5.49. The Morgan fingerprint density at radius 3 is 2.29 bits per heavy atom. The molecule has 2 saturated carbocycles. The van der Waals surface area contributed by atoms with Crippen LogP contribution in [0.15, 0.2) is 24.3 Å². The number of nitrogens with one attached hydrogen (secondary N) is 1. The van der Waals surface area contributed by atoms with Crippen LogP contribution in [-0.4, -0.2) is 46.3 Å². The van der Waals surface area contributed by atoms with Crippen LogP contribution in [0.4, 0.5) is 10.5 Å². The second-order valence-electron chi connectivity index (χ2n) is 9.69. The van der Waals surface area contributed by atoms with Gasteiger partial charge in [0.15, 0.2) is 0 Å². The molecular formula is C25H35N3O3. The van der Waals surface area contributed by atoms with Gasteiger partial charge in [0.25, 0.3) is 0 Å². The monoisotopic (exact) mass is 425 g/mol. The molecule has 3 aliphatic rings. The summed E-state index contributed by atoms with van der Waals surface area (Å²) in [5.41, 5.74) is 1.95. The second-order valence-corrected chi connectivity index (χ2v) is 9.69. The lowest BCUT2D eigenvalue weighted by atomic mass is 9.80. The van der Waals surface area contributed by atoms with Crippen molar-refractivity contribution in [3.8, 4) is 0 Å². The number of hydrogen-bond donors (Lipinski definition) is 1. The van der Waals surface area contributed by atoms with Crippen LogP contribution in [-0.2, 0) is 9.59 Å². The molecule has 6 heteroatoms. The molecule has 168 valence electrons. The summed E-state index contributed by atoms with van der Waals surface area (Å²) in [6.45, 7) is 4.27. The lowest BCUT2D eigenvalue weighted by molar-refractivity contribution is -0.144. The van der Waals surface area contributed by atoms with E-state index in [1.165, 1.54) is 16.9 Å². The summed E-state index contributed by atoms with van der Waals surface area (Å²) in [6, 6.07) is 7.44. The van der Waals surface area contributed by atoms with Crippen LogP contribution in [0.2, 0.25) is 0 Å². The Balaban J connectivity index is 1.49.